The predicted molar refractivity (Wildman–Crippen MR) is 62.6 cm³/mol. The summed E-state index contributed by atoms with van der Waals surface area (Å²) < 4.78 is 0. The zero-order chi connectivity index (χ0) is 10.6. The highest BCUT2D eigenvalue weighted by Crippen LogP contribution is 2.28. The monoisotopic (exact) mass is 212 g/mol. The van der Waals surface area contributed by atoms with Crippen molar-refractivity contribution in [1.82, 2.24) is 10.3 Å². The lowest BCUT2D eigenvalue weighted by Gasteiger charge is -2.27. The van der Waals surface area contributed by atoms with Gasteiger partial charge >= 0.3 is 0 Å². The molecular weight excluding hydrogens is 192 g/mol. The van der Waals surface area contributed by atoms with Crippen molar-refractivity contribution in [3.8, 4) is 0 Å². The first-order valence-electron chi connectivity index (χ1n) is 5.17. The van der Waals surface area contributed by atoms with Crippen LogP contribution in [0.3, 0.4) is 0 Å². The molecule has 1 unspecified atom stereocenters. The molecule has 1 aromatic heterocycles. The third kappa shape index (κ3) is 2.79. The molecule has 0 fully saturated rings. The molecule has 0 saturated heterocycles. The van der Waals surface area contributed by atoms with Gasteiger partial charge < -0.3 is 5.32 Å². The van der Waals surface area contributed by atoms with Gasteiger partial charge in [-0.15, -0.1) is 11.3 Å². The number of hydrogen-bond donors (Lipinski definition) is 1. The molecule has 0 aliphatic carbocycles. The molecule has 0 aliphatic heterocycles. The summed E-state index contributed by atoms with van der Waals surface area (Å²) in [5.41, 5.74) is 0.0540. The summed E-state index contributed by atoms with van der Waals surface area (Å²) in [6.07, 6.45) is 4.26. The van der Waals surface area contributed by atoms with Gasteiger partial charge in [-0.25, -0.2) is 4.98 Å². The number of thiazole rings is 1. The number of hydrogen-bond acceptors (Lipinski definition) is 3. The molecule has 0 bridgehead atoms. The van der Waals surface area contributed by atoms with Gasteiger partial charge in [0.15, 0.2) is 0 Å². The van der Waals surface area contributed by atoms with Gasteiger partial charge in [-0.2, -0.15) is 0 Å². The highest BCUT2D eigenvalue weighted by atomic mass is 32.1. The zero-order valence-electron chi connectivity index (χ0n) is 9.50. The maximum Gasteiger partial charge on any atom is 0.112 e. The van der Waals surface area contributed by atoms with E-state index in [4.69, 9.17) is 0 Å². The Kier molecular flexibility index (Phi) is 4.08. The molecule has 1 N–H and O–H groups in total. The van der Waals surface area contributed by atoms with Crippen LogP contribution in [0.4, 0.5) is 0 Å². The minimum Gasteiger partial charge on any atom is -0.309 e. The van der Waals surface area contributed by atoms with Gasteiger partial charge in [-0.05, 0) is 32.7 Å². The second kappa shape index (κ2) is 4.89. The molecule has 0 aliphatic rings. The van der Waals surface area contributed by atoms with Gasteiger partial charge in [0.25, 0.3) is 0 Å². The number of aromatic nitrogens is 1. The van der Waals surface area contributed by atoms with Crippen molar-refractivity contribution in [2.75, 3.05) is 7.05 Å². The zero-order valence-corrected chi connectivity index (χ0v) is 10.3. The fourth-order valence-corrected chi connectivity index (χ4v) is 2.25. The van der Waals surface area contributed by atoms with E-state index in [2.05, 4.69) is 31.1 Å². The normalized spacial score (nSPS) is 15.8. The Balaban J connectivity index is 2.67. The molecule has 1 aromatic rings. The molecular formula is C11H20N2S. The molecule has 80 valence electrons. The third-order valence-electron chi connectivity index (χ3n) is 2.68. The lowest BCUT2D eigenvalue weighted by molar-refractivity contribution is 0.334. The molecule has 1 heterocycles. The minimum atomic E-state index is 0.0540. The van der Waals surface area contributed by atoms with Crippen LogP contribution >= 0.6 is 11.3 Å². The fraction of sp³-hybridized carbons (Fsp3) is 0.727. The van der Waals surface area contributed by atoms with Gasteiger partial charge in [0, 0.05) is 11.6 Å². The Labute approximate surface area is 90.8 Å². The standard InChI is InChI=1S/C11H20N2S/c1-9(2)5-6-11(3,12-4)10-13-7-8-14-10/h7-9,12H,5-6H2,1-4H3. The summed E-state index contributed by atoms with van der Waals surface area (Å²) in [5, 5.41) is 6.62. The number of nitrogens with zero attached hydrogens (tertiary/aromatic N) is 1. The summed E-state index contributed by atoms with van der Waals surface area (Å²) in [6, 6.07) is 0. The van der Waals surface area contributed by atoms with Gasteiger partial charge in [-0.3, -0.25) is 0 Å². The molecule has 0 saturated carbocycles. The molecule has 0 amide bonds. The fourth-order valence-electron chi connectivity index (χ4n) is 1.41. The molecule has 14 heavy (non-hydrogen) atoms. The highest BCUT2D eigenvalue weighted by Gasteiger charge is 2.26. The summed E-state index contributed by atoms with van der Waals surface area (Å²) in [4.78, 5) is 4.39. The van der Waals surface area contributed by atoms with Gasteiger partial charge in [0.05, 0.1) is 5.54 Å². The van der Waals surface area contributed by atoms with Crippen LogP contribution < -0.4 is 5.32 Å². The average molecular weight is 212 g/mol. The molecule has 0 spiro atoms. The van der Waals surface area contributed by atoms with Crippen molar-refractivity contribution < 1.29 is 0 Å². The summed E-state index contributed by atoms with van der Waals surface area (Å²) in [5.74, 6) is 0.752. The second-order valence-electron chi connectivity index (χ2n) is 4.35. The number of nitrogens with one attached hydrogen (secondary N) is 1. The van der Waals surface area contributed by atoms with Crippen LogP contribution in [0.5, 0.6) is 0 Å². The van der Waals surface area contributed by atoms with Crippen LogP contribution in [0.1, 0.15) is 38.6 Å². The smallest absolute Gasteiger partial charge is 0.112 e. The van der Waals surface area contributed by atoms with E-state index in [9.17, 15) is 0 Å². The van der Waals surface area contributed by atoms with Crippen LogP contribution in [-0.2, 0) is 5.54 Å². The molecule has 0 radical (unpaired) electrons. The first kappa shape index (κ1) is 11.7. The van der Waals surface area contributed by atoms with E-state index < -0.39 is 0 Å². The summed E-state index contributed by atoms with van der Waals surface area (Å²) in [6.45, 7) is 6.75. The van der Waals surface area contributed by atoms with Crippen molar-refractivity contribution in [2.45, 2.75) is 39.2 Å². The van der Waals surface area contributed by atoms with Crippen molar-refractivity contribution >= 4 is 11.3 Å². The van der Waals surface area contributed by atoms with E-state index in [0.29, 0.717) is 0 Å². The van der Waals surface area contributed by atoms with Crippen molar-refractivity contribution in [3.05, 3.63) is 16.6 Å². The largest absolute Gasteiger partial charge is 0.309 e. The minimum absolute atomic E-state index is 0.0540. The topological polar surface area (TPSA) is 24.9 Å². The van der Waals surface area contributed by atoms with Crippen LogP contribution in [0.25, 0.3) is 0 Å². The van der Waals surface area contributed by atoms with E-state index in [1.165, 1.54) is 11.4 Å². The predicted octanol–water partition coefficient (Wildman–Crippen LogP) is 3.01. The average Bonchev–Trinajstić information content (AvgIpc) is 2.67. The Morgan fingerprint density at radius 1 is 1.57 bits per heavy atom. The van der Waals surface area contributed by atoms with Crippen LogP contribution in [0, 0.1) is 5.92 Å². The first-order valence-corrected chi connectivity index (χ1v) is 6.05. The van der Waals surface area contributed by atoms with Crippen LogP contribution in [0.15, 0.2) is 11.6 Å². The molecule has 1 atom stereocenters. The van der Waals surface area contributed by atoms with Gasteiger partial charge in [0.2, 0.25) is 0 Å². The lowest BCUT2D eigenvalue weighted by Crippen LogP contribution is -2.36. The summed E-state index contributed by atoms with van der Waals surface area (Å²) in [7, 11) is 2.02. The van der Waals surface area contributed by atoms with E-state index in [0.717, 1.165) is 12.3 Å². The molecule has 1 rings (SSSR count). The maximum absolute atomic E-state index is 4.39. The maximum atomic E-state index is 4.39. The number of rotatable bonds is 5. The second-order valence-corrected chi connectivity index (χ2v) is 5.25. The molecule has 0 aromatic carbocycles. The molecule has 2 nitrogen and oxygen atoms in total. The first-order chi connectivity index (χ1) is 6.58. The van der Waals surface area contributed by atoms with Gasteiger partial charge in [0.1, 0.15) is 5.01 Å². The van der Waals surface area contributed by atoms with E-state index in [1.807, 2.05) is 18.6 Å². The van der Waals surface area contributed by atoms with Crippen molar-refractivity contribution in [3.63, 3.8) is 0 Å². The Bertz CT molecular complexity index is 256. The lowest BCUT2D eigenvalue weighted by atomic mass is 9.93. The van der Waals surface area contributed by atoms with Gasteiger partial charge in [-0.1, -0.05) is 13.8 Å². The van der Waals surface area contributed by atoms with Crippen LogP contribution in [0.2, 0.25) is 0 Å². The van der Waals surface area contributed by atoms with Crippen molar-refractivity contribution in [2.24, 2.45) is 5.92 Å². The molecule has 3 heteroatoms. The van der Waals surface area contributed by atoms with E-state index in [1.54, 1.807) is 11.3 Å². The Hall–Kier alpha value is -0.410. The highest BCUT2D eigenvalue weighted by molar-refractivity contribution is 7.09. The summed E-state index contributed by atoms with van der Waals surface area (Å²) >= 11 is 1.73. The van der Waals surface area contributed by atoms with E-state index in [-0.39, 0.29) is 5.54 Å². The van der Waals surface area contributed by atoms with Crippen LogP contribution in [-0.4, -0.2) is 12.0 Å². The Morgan fingerprint density at radius 2 is 2.29 bits per heavy atom. The third-order valence-corrected chi connectivity index (χ3v) is 3.71. The SMILES string of the molecule is CNC(C)(CCC(C)C)c1nccs1. The Morgan fingerprint density at radius 3 is 2.71 bits per heavy atom. The van der Waals surface area contributed by atoms with Crippen molar-refractivity contribution in [1.29, 1.82) is 0 Å². The van der Waals surface area contributed by atoms with E-state index >= 15 is 0 Å². The quantitative estimate of drug-likeness (QED) is 0.811.